The molecule has 0 saturated carbocycles. The largest absolute Gasteiger partial charge is 0.488 e. The van der Waals surface area contributed by atoms with Gasteiger partial charge in [-0.25, -0.2) is 8.78 Å². The third-order valence-electron chi connectivity index (χ3n) is 2.93. The topological polar surface area (TPSA) is 29.5 Å². The molecule has 2 aromatic carbocycles. The quantitative estimate of drug-likeness (QED) is 0.759. The Balaban J connectivity index is 2.27. The zero-order valence-electron chi connectivity index (χ0n) is 11.0. The molecule has 2 aromatic rings. The molecule has 0 spiro atoms. The predicted molar refractivity (Wildman–Crippen MR) is 80.5 cm³/mol. The van der Waals surface area contributed by atoms with E-state index < -0.39 is 17.7 Å². The minimum absolute atomic E-state index is 0.161. The summed E-state index contributed by atoms with van der Waals surface area (Å²) in [5, 5.41) is 10.1. The van der Waals surface area contributed by atoms with E-state index >= 15 is 0 Å². The van der Waals surface area contributed by atoms with Gasteiger partial charge in [-0.2, -0.15) is 0 Å². The van der Waals surface area contributed by atoms with Crippen molar-refractivity contribution in [2.24, 2.45) is 0 Å². The third-order valence-corrected chi connectivity index (χ3v) is 3.78. The average molecular weight is 378 g/mol. The molecule has 1 N–H and O–H groups in total. The van der Waals surface area contributed by atoms with Gasteiger partial charge in [0.05, 0.1) is 16.1 Å². The Morgan fingerprint density at radius 3 is 2.67 bits per heavy atom. The van der Waals surface area contributed by atoms with Crippen LogP contribution in [-0.2, 0) is 6.61 Å². The first-order valence-corrected chi connectivity index (χ1v) is 7.30. The van der Waals surface area contributed by atoms with Gasteiger partial charge in [-0.1, -0.05) is 11.6 Å². The molecule has 2 nitrogen and oxygen atoms in total. The monoisotopic (exact) mass is 376 g/mol. The van der Waals surface area contributed by atoms with Crippen LogP contribution >= 0.6 is 27.5 Å². The van der Waals surface area contributed by atoms with Crippen LogP contribution in [0.5, 0.6) is 5.75 Å². The maximum atomic E-state index is 13.9. The zero-order valence-corrected chi connectivity index (χ0v) is 13.4. The van der Waals surface area contributed by atoms with Gasteiger partial charge >= 0.3 is 0 Å². The van der Waals surface area contributed by atoms with E-state index in [1.807, 2.05) is 0 Å². The highest BCUT2D eigenvalue weighted by atomic mass is 79.9. The summed E-state index contributed by atoms with van der Waals surface area (Å²) in [4.78, 5) is 0. The third kappa shape index (κ3) is 3.73. The highest BCUT2D eigenvalue weighted by Crippen LogP contribution is 2.30. The van der Waals surface area contributed by atoms with Gasteiger partial charge in [0, 0.05) is 10.6 Å². The van der Waals surface area contributed by atoms with Gasteiger partial charge < -0.3 is 9.84 Å². The Bertz CT molecular complexity index is 662. The fraction of sp³-hybridized carbons (Fsp3) is 0.200. The summed E-state index contributed by atoms with van der Waals surface area (Å²) < 4.78 is 33.1. The lowest BCUT2D eigenvalue weighted by Gasteiger charge is -2.14. The molecule has 0 fully saturated rings. The summed E-state index contributed by atoms with van der Waals surface area (Å²) in [7, 11) is 0. The van der Waals surface area contributed by atoms with E-state index in [0.29, 0.717) is 16.3 Å². The van der Waals surface area contributed by atoms with E-state index in [2.05, 4.69) is 15.9 Å². The van der Waals surface area contributed by atoms with E-state index in [1.165, 1.54) is 6.07 Å². The van der Waals surface area contributed by atoms with Crippen LogP contribution in [0.3, 0.4) is 0 Å². The van der Waals surface area contributed by atoms with Gasteiger partial charge in [-0.05, 0) is 53.2 Å². The van der Waals surface area contributed by atoms with Crippen molar-refractivity contribution in [3.8, 4) is 5.75 Å². The smallest absolute Gasteiger partial charge is 0.146 e. The number of aliphatic hydroxyl groups excluding tert-OH is 1. The Morgan fingerprint density at radius 2 is 2.00 bits per heavy atom. The van der Waals surface area contributed by atoms with E-state index in [9.17, 15) is 13.9 Å². The van der Waals surface area contributed by atoms with E-state index in [-0.39, 0.29) is 16.6 Å². The highest BCUT2D eigenvalue weighted by Gasteiger charge is 2.15. The molecule has 2 rings (SSSR count). The van der Waals surface area contributed by atoms with Crippen LogP contribution in [0.1, 0.15) is 24.2 Å². The van der Waals surface area contributed by atoms with Crippen molar-refractivity contribution in [3.05, 3.63) is 62.6 Å². The second-order valence-corrected chi connectivity index (χ2v) is 5.76. The minimum Gasteiger partial charge on any atom is -0.488 e. The predicted octanol–water partition coefficient (Wildman–Crippen LogP) is 5.01. The molecule has 0 heterocycles. The molecular formula is C15H12BrClF2O2. The van der Waals surface area contributed by atoms with Crippen LogP contribution in [0.2, 0.25) is 5.02 Å². The van der Waals surface area contributed by atoms with Gasteiger partial charge in [-0.15, -0.1) is 0 Å². The Hall–Kier alpha value is -1.17. The van der Waals surface area contributed by atoms with Crippen molar-refractivity contribution in [1.29, 1.82) is 0 Å². The summed E-state index contributed by atoms with van der Waals surface area (Å²) in [6, 6.07) is 7.13. The molecule has 6 heteroatoms. The SMILES string of the molecule is C[C@H](O)c1cc(Cl)ccc1OCc1c(F)ccc(Br)c1F. The van der Waals surface area contributed by atoms with Gasteiger partial charge in [0.2, 0.25) is 0 Å². The van der Waals surface area contributed by atoms with Gasteiger partial charge in [-0.3, -0.25) is 0 Å². The van der Waals surface area contributed by atoms with Crippen molar-refractivity contribution in [1.82, 2.24) is 0 Å². The van der Waals surface area contributed by atoms with Crippen LogP contribution in [-0.4, -0.2) is 5.11 Å². The van der Waals surface area contributed by atoms with Crippen LogP contribution in [0.4, 0.5) is 8.78 Å². The number of benzene rings is 2. The molecule has 0 aliphatic heterocycles. The molecule has 0 bridgehead atoms. The fourth-order valence-electron chi connectivity index (χ4n) is 1.83. The molecule has 0 radical (unpaired) electrons. The average Bonchev–Trinajstić information content (AvgIpc) is 2.44. The Kier molecular flexibility index (Phi) is 5.19. The summed E-state index contributed by atoms with van der Waals surface area (Å²) in [6.45, 7) is 1.26. The lowest BCUT2D eigenvalue weighted by molar-refractivity contribution is 0.189. The standard InChI is InChI=1S/C15H12BrClF2O2/c1-8(20)10-6-9(17)2-5-14(10)21-7-11-13(18)4-3-12(16)15(11)19/h2-6,8,20H,7H2,1H3/t8-/m0/s1. The van der Waals surface area contributed by atoms with Crippen molar-refractivity contribution in [2.75, 3.05) is 0 Å². The molecule has 21 heavy (non-hydrogen) atoms. The zero-order chi connectivity index (χ0) is 15.6. The highest BCUT2D eigenvalue weighted by molar-refractivity contribution is 9.10. The van der Waals surface area contributed by atoms with Crippen LogP contribution in [0.15, 0.2) is 34.8 Å². The summed E-state index contributed by atoms with van der Waals surface area (Å²) in [5.74, 6) is -1.07. The molecule has 0 aliphatic carbocycles. The molecule has 0 amide bonds. The first kappa shape index (κ1) is 16.2. The van der Waals surface area contributed by atoms with Crippen molar-refractivity contribution < 1.29 is 18.6 Å². The van der Waals surface area contributed by atoms with E-state index in [0.717, 1.165) is 6.07 Å². The van der Waals surface area contributed by atoms with Crippen LogP contribution in [0, 0.1) is 11.6 Å². The molecular weight excluding hydrogens is 366 g/mol. The summed E-state index contributed by atoms with van der Waals surface area (Å²) in [5.41, 5.74) is 0.272. The summed E-state index contributed by atoms with van der Waals surface area (Å²) >= 11 is 8.86. The second-order valence-electron chi connectivity index (χ2n) is 4.47. The molecule has 0 unspecified atom stereocenters. The maximum Gasteiger partial charge on any atom is 0.146 e. The summed E-state index contributed by atoms with van der Waals surface area (Å²) in [6.07, 6.45) is -0.809. The molecule has 0 aliphatic rings. The molecule has 1 atom stereocenters. The number of hydrogen-bond acceptors (Lipinski definition) is 2. The van der Waals surface area contributed by atoms with Gasteiger partial charge in [0.25, 0.3) is 0 Å². The van der Waals surface area contributed by atoms with Crippen molar-refractivity contribution in [2.45, 2.75) is 19.6 Å². The number of halogens is 4. The number of hydrogen-bond donors (Lipinski definition) is 1. The number of rotatable bonds is 4. The molecule has 112 valence electrons. The van der Waals surface area contributed by atoms with Gasteiger partial charge in [0.15, 0.2) is 0 Å². The first-order chi connectivity index (χ1) is 9.90. The van der Waals surface area contributed by atoms with Crippen molar-refractivity contribution >= 4 is 27.5 Å². The fourth-order valence-corrected chi connectivity index (χ4v) is 2.38. The van der Waals surface area contributed by atoms with E-state index in [1.54, 1.807) is 25.1 Å². The Morgan fingerprint density at radius 1 is 1.29 bits per heavy atom. The number of aliphatic hydroxyl groups is 1. The first-order valence-electron chi connectivity index (χ1n) is 6.13. The second kappa shape index (κ2) is 6.73. The van der Waals surface area contributed by atoms with Crippen molar-refractivity contribution in [3.63, 3.8) is 0 Å². The van der Waals surface area contributed by atoms with Gasteiger partial charge in [0.1, 0.15) is 24.0 Å². The van der Waals surface area contributed by atoms with Crippen LogP contribution < -0.4 is 4.74 Å². The minimum atomic E-state index is -0.809. The number of ether oxygens (including phenoxy) is 1. The molecule has 0 saturated heterocycles. The molecule has 0 aromatic heterocycles. The maximum absolute atomic E-state index is 13.9. The lowest BCUT2D eigenvalue weighted by Crippen LogP contribution is -2.05. The normalized spacial score (nSPS) is 12.3. The van der Waals surface area contributed by atoms with Crippen LogP contribution in [0.25, 0.3) is 0 Å². The Labute approximate surface area is 134 Å². The lowest BCUT2D eigenvalue weighted by atomic mass is 10.1. The van der Waals surface area contributed by atoms with E-state index in [4.69, 9.17) is 16.3 Å².